The Labute approximate surface area is 205 Å². The number of aryl methyl sites for hydroxylation is 2. The summed E-state index contributed by atoms with van der Waals surface area (Å²) in [7, 11) is 0. The summed E-state index contributed by atoms with van der Waals surface area (Å²) in [6.07, 6.45) is -1.38. The molecule has 35 heavy (non-hydrogen) atoms. The molecule has 2 aliphatic heterocycles. The standard InChI is InChI=1S/C24H27ClF3N3O4/c1-2-31-20-16(13-23(14-29-21(20)32)7-10-34-11-8-23)19(30-31)4-3-9-35-22(33)15-5-6-18(25)17(12-15)24(26,27)28/h5-6,12H,2-4,7-11,13-14H2,1H3,(H,29,32). The van der Waals surface area contributed by atoms with Crippen molar-refractivity contribution >= 4 is 23.5 Å². The maximum absolute atomic E-state index is 13.1. The van der Waals surface area contributed by atoms with Crippen LogP contribution in [0.25, 0.3) is 0 Å². The smallest absolute Gasteiger partial charge is 0.417 e. The number of esters is 1. The molecular formula is C24H27ClF3N3O4. The van der Waals surface area contributed by atoms with E-state index >= 15 is 0 Å². The highest BCUT2D eigenvalue weighted by molar-refractivity contribution is 6.31. The predicted molar refractivity (Wildman–Crippen MR) is 121 cm³/mol. The molecule has 0 radical (unpaired) electrons. The van der Waals surface area contributed by atoms with Gasteiger partial charge in [0.2, 0.25) is 0 Å². The molecule has 1 aromatic heterocycles. The van der Waals surface area contributed by atoms with Crippen LogP contribution in [0.5, 0.6) is 0 Å². The Morgan fingerprint density at radius 3 is 2.74 bits per heavy atom. The molecule has 11 heteroatoms. The third kappa shape index (κ3) is 5.48. The number of carbonyl (C=O) groups excluding carboxylic acids is 2. The van der Waals surface area contributed by atoms with Crippen molar-refractivity contribution in [2.24, 2.45) is 5.41 Å². The van der Waals surface area contributed by atoms with Gasteiger partial charge in [0.1, 0.15) is 5.69 Å². The summed E-state index contributed by atoms with van der Waals surface area (Å²) < 4.78 is 51.6. The van der Waals surface area contributed by atoms with Crippen molar-refractivity contribution in [3.8, 4) is 0 Å². The van der Waals surface area contributed by atoms with E-state index < -0.39 is 22.7 Å². The number of nitrogens with one attached hydrogen (secondary N) is 1. The first-order valence-corrected chi connectivity index (χ1v) is 12.0. The number of amides is 1. The summed E-state index contributed by atoms with van der Waals surface area (Å²) in [4.78, 5) is 25.2. The van der Waals surface area contributed by atoms with E-state index in [4.69, 9.17) is 21.1 Å². The van der Waals surface area contributed by atoms with Crippen molar-refractivity contribution in [1.29, 1.82) is 0 Å². The fourth-order valence-corrected chi connectivity index (χ4v) is 4.95. The van der Waals surface area contributed by atoms with Gasteiger partial charge in [-0.1, -0.05) is 11.6 Å². The van der Waals surface area contributed by atoms with Crippen molar-refractivity contribution in [2.45, 2.75) is 51.7 Å². The third-order valence-electron chi connectivity index (χ3n) is 6.68. The van der Waals surface area contributed by atoms with E-state index in [1.54, 1.807) is 4.68 Å². The Bertz CT molecular complexity index is 1110. The minimum absolute atomic E-state index is 0.00173. The lowest BCUT2D eigenvalue weighted by molar-refractivity contribution is -0.137. The summed E-state index contributed by atoms with van der Waals surface area (Å²) in [6.45, 7) is 4.35. The molecule has 0 aliphatic carbocycles. The Morgan fingerprint density at radius 2 is 2.06 bits per heavy atom. The predicted octanol–water partition coefficient (Wildman–Crippen LogP) is 4.45. The highest BCUT2D eigenvalue weighted by atomic mass is 35.5. The molecule has 2 aliphatic rings. The average Bonchev–Trinajstić information content (AvgIpc) is 3.10. The third-order valence-corrected chi connectivity index (χ3v) is 7.01. The van der Waals surface area contributed by atoms with Crippen molar-refractivity contribution in [3.05, 3.63) is 51.3 Å². The molecule has 1 fully saturated rings. The normalized spacial score (nSPS) is 17.6. The molecule has 7 nitrogen and oxygen atoms in total. The summed E-state index contributed by atoms with van der Waals surface area (Å²) in [5.74, 6) is -0.996. The van der Waals surface area contributed by atoms with Gasteiger partial charge in [0, 0.05) is 31.9 Å². The number of aromatic nitrogens is 2. The highest BCUT2D eigenvalue weighted by Gasteiger charge is 2.39. The molecule has 1 saturated heterocycles. The minimum atomic E-state index is -4.67. The van der Waals surface area contributed by atoms with Crippen LogP contribution in [0.15, 0.2) is 18.2 Å². The molecule has 0 unspecified atom stereocenters. The van der Waals surface area contributed by atoms with Crippen molar-refractivity contribution in [2.75, 3.05) is 26.4 Å². The number of hydrogen-bond acceptors (Lipinski definition) is 5. The second-order valence-electron chi connectivity index (χ2n) is 8.99. The van der Waals surface area contributed by atoms with Crippen LogP contribution in [0.4, 0.5) is 13.2 Å². The average molecular weight is 514 g/mol. The molecule has 190 valence electrons. The minimum Gasteiger partial charge on any atom is -0.462 e. The first-order valence-electron chi connectivity index (χ1n) is 11.6. The van der Waals surface area contributed by atoms with Crippen LogP contribution in [-0.2, 0) is 35.0 Å². The Morgan fingerprint density at radius 1 is 1.31 bits per heavy atom. The molecule has 1 N–H and O–H groups in total. The van der Waals surface area contributed by atoms with E-state index in [0.29, 0.717) is 57.3 Å². The molecular weight excluding hydrogens is 487 g/mol. The van der Waals surface area contributed by atoms with Gasteiger partial charge in [0.15, 0.2) is 0 Å². The summed E-state index contributed by atoms with van der Waals surface area (Å²) >= 11 is 5.61. The van der Waals surface area contributed by atoms with E-state index in [0.717, 1.165) is 30.2 Å². The van der Waals surface area contributed by atoms with E-state index in [2.05, 4.69) is 10.4 Å². The summed E-state index contributed by atoms with van der Waals surface area (Å²) in [5, 5.41) is 7.22. The Balaban J connectivity index is 1.44. The number of ether oxygens (including phenoxy) is 2. The van der Waals surface area contributed by atoms with Crippen LogP contribution >= 0.6 is 11.6 Å². The number of benzene rings is 1. The van der Waals surface area contributed by atoms with E-state index in [9.17, 15) is 22.8 Å². The maximum Gasteiger partial charge on any atom is 0.417 e. The molecule has 1 amide bonds. The molecule has 2 aromatic rings. The van der Waals surface area contributed by atoms with Gasteiger partial charge in [-0.15, -0.1) is 0 Å². The van der Waals surface area contributed by atoms with Gasteiger partial charge < -0.3 is 14.8 Å². The lowest BCUT2D eigenvalue weighted by Crippen LogP contribution is -2.40. The van der Waals surface area contributed by atoms with Gasteiger partial charge in [-0.25, -0.2) is 4.79 Å². The van der Waals surface area contributed by atoms with Crippen molar-refractivity contribution in [3.63, 3.8) is 0 Å². The van der Waals surface area contributed by atoms with Crippen molar-refractivity contribution < 1.29 is 32.2 Å². The largest absolute Gasteiger partial charge is 0.462 e. The number of fused-ring (bicyclic) bond motifs is 1. The van der Waals surface area contributed by atoms with Gasteiger partial charge in [0.25, 0.3) is 5.91 Å². The van der Waals surface area contributed by atoms with Gasteiger partial charge in [-0.2, -0.15) is 18.3 Å². The second kappa shape index (κ2) is 10.2. The SMILES string of the molecule is CCn1nc(CCCOC(=O)c2ccc(Cl)c(C(F)(F)F)c2)c2c1C(=O)NCC1(CCOCC1)C2. The molecule has 4 rings (SSSR count). The van der Waals surface area contributed by atoms with E-state index in [1.165, 1.54) is 6.07 Å². The quantitative estimate of drug-likeness (QED) is 0.456. The van der Waals surface area contributed by atoms with Gasteiger partial charge in [-0.3, -0.25) is 9.48 Å². The number of carbonyl (C=O) groups is 2. The van der Waals surface area contributed by atoms with Crippen LogP contribution in [0.1, 0.15) is 63.9 Å². The summed E-state index contributed by atoms with van der Waals surface area (Å²) in [5.41, 5.74) is 0.899. The van der Waals surface area contributed by atoms with E-state index in [-0.39, 0.29) is 23.5 Å². The summed E-state index contributed by atoms with van der Waals surface area (Å²) in [6, 6.07) is 2.93. The van der Waals surface area contributed by atoms with Gasteiger partial charge >= 0.3 is 12.1 Å². The zero-order valence-corrected chi connectivity index (χ0v) is 20.1. The number of alkyl halides is 3. The van der Waals surface area contributed by atoms with Crippen LogP contribution in [0.2, 0.25) is 5.02 Å². The van der Waals surface area contributed by atoms with Crippen LogP contribution < -0.4 is 5.32 Å². The second-order valence-corrected chi connectivity index (χ2v) is 9.40. The topological polar surface area (TPSA) is 82.5 Å². The zero-order valence-electron chi connectivity index (χ0n) is 19.3. The number of rotatable bonds is 6. The van der Waals surface area contributed by atoms with Crippen LogP contribution in [-0.4, -0.2) is 48.0 Å². The van der Waals surface area contributed by atoms with Gasteiger partial charge in [0.05, 0.1) is 28.5 Å². The van der Waals surface area contributed by atoms with Gasteiger partial charge in [-0.05, 0) is 62.6 Å². The fraction of sp³-hybridized carbons (Fsp3) is 0.542. The number of halogens is 4. The van der Waals surface area contributed by atoms with Crippen LogP contribution in [0.3, 0.4) is 0 Å². The first-order chi connectivity index (χ1) is 16.6. The molecule has 3 heterocycles. The first kappa shape index (κ1) is 25.5. The molecule has 1 spiro atoms. The number of nitrogens with zero attached hydrogens (tertiary/aromatic N) is 2. The molecule has 0 bridgehead atoms. The molecule has 0 saturated carbocycles. The molecule has 1 aromatic carbocycles. The Kier molecular flexibility index (Phi) is 7.42. The lowest BCUT2D eigenvalue weighted by Gasteiger charge is -2.36. The highest BCUT2D eigenvalue weighted by Crippen LogP contribution is 2.38. The Hall–Kier alpha value is -2.59. The fourth-order valence-electron chi connectivity index (χ4n) is 4.72. The van der Waals surface area contributed by atoms with Crippen LogP contribution in [0, 0.1) is 5.41 Å². The molecule has 0 atom stereocenters. The lowest BCUT2D eigenvalue weighted by atomic mass is 9.75. The maximum atomic E-state index is 13.1. The monoisotopic (exact) mass is 513 g/mol. The van der Waals surface area contributed by atoms with Crippen molar-refractivity contribution in [1.82, 2.24) is 15.1 Å². The van der Waals surface area contributed by atoms with E-state index in [1.807, 2.05) is 6.92 Å². The number of hydrogen-bond donors (Lipinski definition) is 1. The zero-order chi connectivity index (χ0) is 25.2.